The van der Waals surface area contributed by atoms with Crippen LogP contribution in [0.4, 0.5) is 0 Å². The summed E-state index contributed by atoms with van der Waals surface area (Å²) in [6.07, 6.45) is 1.95. The molecule has 0 aromatic rings. The van der Waals surface area contributed by atoms with Crippen molar-refractivity contribution in [3.05, 3.63) is 0 Å². The fourth-order valence-corrected chi connectivity index (χ4v) is 0.826. The molecule has 0 rings (SSSR count). The molecule has 0 spiro atoms. The van der Waals surface area contributed by atoms with Gasteiger partial charge in [0.2, 0.25) is 0 Å². The van der Waals surface area contributed by atoms with Gasteiger partial charge in [0.05, 0.1) is 6.61 Å². The summed E-state index contributed by atoms with van der Waals surface area (Å²) in [4.78, 5) is 0. The van der Waals surface area contributed by atoms with Crippen LogP contribution in [-0.4, -0.2) is 26.3 Å². The van der Waals surface area contributed by atoms with Crippen LogP contribution in [0.5, 0.6) is 0 Å². The molecule has 2 nitrogen and oxygen atoms in total. The highest BCUT2D eigenvalue weighted by Crippen LogP contribution is 1.83. The van der Waals surface area contributed by atoms with E-state index < -0.39 is 0 Å². The fourth-order valence-electron chi connectivity index (χ4n) is 0.826. The topological polar surface area (TPSA) is 21.3 Å². The molecule has 0 heterocycles. The number of nitrogens with one attached hydrogen (secondary N) is 1. The summed E-state index contributed by atoms with van der Waals surface area (Å²) >= 11 is 0. The molecule has 2 heteroatoms. The van der Waals surface area contributed by atoms with E-state index in [4.69, 9.17) is 4.74 Å². The first-order valence-electron chi connectivity index (χ1n) is 4.60. The molecule has 0 aliphatic carbocycles. The second kappa shape index (κ2) is 10.5. The van der Waals surface area contributed by atoms with Crippen LogP contribution >= 0.6 is 0 Å². The highest BCUT2D eigenvalue weighted by Gasteiger charge is 1.86. The average molecular weight is 169 g/mol. The first kappa shape index (κ1) is 11.5. The Morgan fingerprint density at radius 2 is 2.17 bits per heavy atom. The van der Waals surface area contributed by atoms with Crippen LogP contribution < -0.4 is 5.32 Å². The van der Waals surface area contributed by atoms with Crippen LogP contribution in [0.15, 0.2) is 0 Å². The van der Waals surface area contributed by atoms with Crippen LogP contribution in [0, 0.1) is 11.8 Å². The Bertz CT molecular complexity index is 135. The lowest BCUT2D eigenvalue weighted by atomic mass is 10.4. The van der Waals surface area contributed by atoms with Crippen LogP contribution in [0.3, 0.4) is 0 Å². The summed E-state index contributed by atoms with van der Waals surface area (Å²) in [5.41, 5.74) is 0. The van der Waals surface area contributed by atoms with Crippen LogP contribution in [0.2, 0.25) is 0 Å². The van der Waals surface area contributed by atoms with Gasteiger partial charge >= 0.3 is 0 Å². The lowest BCUT2D eigenvalue weighted by molar-refractivity contribution is 0.137. The normalized spacial score (nSPS) is 9.17. The van der Waals surface area contributed by atoms with Crippen LogP contribution in [-0.2, 0) is 4.74 Å². The standard InChI is InChI=1S/C10H19NO/c1-3-5-6-9-12-10-7-8-11-4-2/h11H,4,6-10H2,1-2H3. The molecule has 12 heavy (non-hydrogen) atoms. The Kier molecular flexibility index (Phi) is 10.0. The molecule has 0 atom stereocenters. The van der Waals surface area contributed by atoms with Crippen LogP contribution in [0.1, 0.15) is 26.7 Å². The van der Waals surface area contributed by atoms with E-state index in [1.54, 1.807) is 0 Å². The lowest BCUT2D eigenvalue weighted by Gasteiger charge is -2.01. The van der Waals surface area contributed by atoms with Crippen molar-refractivity contribution in [2.45, 2.75) is 26.7 Å². The molecule has 0 aliphatic rings. The molecule has 0 amide bonds. The molecule has 0 radical (unpaired) electrons. The zero-order chi connectivity index (χ0) is 9.07. The van der Waals surface area contributed by atoms with Gasteiger partial charge in [-0.05, 0) is 26.4 Å². The Hall–Kier alpha value is -0.520. The molecule has 1 N–H and O–H groups in total. The smallest absolute Gasteiger partial charge is 0.0575 e. The minimum absolute atomic E-state index is 0.771. The van der Waals surface area contributed by atoms with Crippen molar-refractivity contribution >= 4 is 0 Å². The predicted octanol–water partition coefficient (Wildman–Crippen LogP) is 1.42. The summed E-state index contributed by atoms with van der Waals surface area (Å²) in [5, 5.41) is 3.24. The molecule has 0 aromatic heterocycles. The maximum Gasteiger partial charge on any atom is 0.0575 e. The largest absolute Gasteiger partial charge is 0.380 e. The van der Waals surface area contributed by atoms with Gasteiger partial charge in [0.1, 0.15) is 0 Å². The van der Waals surface area contributed by atoms with Gasteiger partial charge in [-0.25, -0.2) is 0 Å². The van der Waals surface area contributed by atoms with Crippen LogP contribution in [0.25, 0.3) is 0 Å². The second-order valence-electron chi connectivity index (χ2n) is 2.50. The Morgan fingerprint density at radius 1 is 1.33 bits per heavy atom. The van der Waals surface area contributed by atoms with Gasteiger partial charge in [-0.1, -0.05) is 6.92 Å². The van der Waals surface area contributed by atoms with Gasteiger partial charge < -0.3 is 10.1 Å². The number of hydrogen-bond acceptors (Lipinski definition) is 2. The van der Waals surface area contributed by atoms with E-state index in [1.165, 1.54) is 0 Å². The van der Waals surface area contributed by atoms with Gasteiger partial charge in [-0.2, -0.15) is 0 Å². The Morgan fingerprint density at radius 3 is 2.83 bits per heavy atom. The molecule has 0 bridgehead atoms. The Labute approximate surface area is 75.7 Å². The summed E-state index contributed by atoms with van der Waals surface area (Å²) < 4.78 is 5.34. The molecule has 0 aromatic carbocycles. The van der Waals surface area contributed by atoms with Crippen molar-refractivity contribution in [3.63, 3.8) is 0 Å². The highest BCUT2D eigenvalue weighted by atomic mass is 16.5. The first-order chi connectivity index (χ1) is 5.91. The summed E-state index contributed by atoms with van der Waals surface area (Å²) in [7, 11) is 0. The van der Waals surface area contributed by atoms with Crippen molar-refractivity contribution < 1.29 is 4.74 Å². The number of hydrogen-bond donors (Lipinski definition) is 1. The van der Waals surface area contributed by atoms with E-state index >= 15 is 0 Å². The van der Waals surface area contributed by atoms with Gasteiger partial charge in [0, 0.05) is 13.0 Å². The molecule has 0 fully saturated rings. The summed E-state index contributed by atoms with van der Waals surface area (Å²) in [6, 6.07) is 0. The molecule has 0 unspecified atom stereocenters. The average Bonchev–Trinajstić information content (AvgIpc) is 2.10. The van der Waals surface area contributed by atoms with E-state index in [1.807, 2.05) is 6.92 Å². The van der Waals surface area contributed by atoms with Crippen molar-refractivity contribution in [1.82, 2.24) is 5.32 Å². The van der Waals surface area contributed by atoms with Crippen molar-refractivity contribution in [2.24, 2.45) is 0 Å². The summed E-state index contributed by atoms with van der Waals surface area (Å²) in [6.45, 7) is 7.67. The van der Waals surface area contributed by atoms with E-state index in [0.29, 0.717) is 0 Å². The van der Waals surface area contributed by atoms with Crippen molar-refractivity contribution in [2.75, 3.05) is 26.3 Å². The minimum atomic E-state index is 0.771. The van der Waals surface area contributed by atoms with E-state index in [9.17, 15) is 0 Å². The van der Waals surface area contributed by atoms with Gasteiger partial charge in [0.15, 0.2) is 0 Å². The zero-order valence-electron chi connectivity index (χ0n) is 8.15. The third-order valence-corrected chi connectivity index (χ3v) is 1.44. The first-order valence-corrected chi connectivity index (χ1v) is 4.60. The molecular formula is C10H19NO. The quantitative estimate of drug-likeness (QED) is 0.459. The van der Waals surface area contributed by atoms with E-state index in [-0.39, 0.29) is 0 Å². The second-order valence-corrected chi connectivity index (χ2v) is 2.50. The molecule has 0 saturated carbocycles. The maximum absolute atomic E-state index is 5.34. The van der Waals surface area contributed by atoms with Gasteiger partial charge in [-0.15, -0.1) is 11.8 Å². The van der Waals surface area contributed by atoms with E-state index in [0.717, 1.165) is 39.1 Å². The summed E-state index contributed by atoms with van der Waals surface area (Å²) in [5.74, 6) is 5.80. The van der Waals surface area contributed by atoms with Crippen molar-refractivity contribution in [1.29, 1.82) is 0 Å². The molecule has 70 valence electrons. The third-order valence-electron chi connectivity index (χ3n) is 1.44. The number of rotatable bonds is 7. The van der Waals surface area contributed by atoms with Crippen molar-refractivity contribution in [3.8, 4) is 11.8 Å². The maximum atomic E-state index is 5.34. The minimum Gasteiger partial charge on any atom is -0.380 e. The third kappa shape index (κ3) is 9.48. The molecule has 0 saturated heterocycles. The fraction of sp³-hybridized carbons (Fsp3) is 0.800. The molecule has 0 aliphatic heterocycles. The predicted molar refractivity (Wildman–Crippen MR) is 52.0 cm³/mol. The monoisotopic (exact) mass is 169 g/mol. The van der Waals surface area contributed by atoms with Gasteiger partial charge in [0.25, 0.3) is 0 Å². The number of ether oxygens (including phenoxy) is 1. The molecular weight excluding hydrogens is 150 g/mol. The zero-order valence-corrected chi connectivity index (χ0v) is 8.15. The highest BCUT2D eigenvalue weighted by molar-refractivity contribution is 4.94. The SMILES string of the molecule is CC#CCCOCCCNCC. The van der Waals surface area contributed by atoms with E-state index in [2.05, 4.69) is 24.1 Å². The lowest BCUT2D eigenvalue weighted by Crippen LogP contribution is -2.15. The Balaban J connectivity index is 2.84. The van der Waals surface area contributed by atoms with Gasteiger partial charge in [-0.3, -0.25) is 0 Å².